The first-order chi connectivity index (χ1) is 14.2. The Morgan fingerprint density at radius 3 is 2.23 bits per heavy atom. The number of rotatable bonds is 5. The summed E-state index contributed by atoms with van der Waals surface area (Å²) >= 11 is 0. The first-order valence-corrected chi connectivity index (χ1v) is 11.4. The predicted molar refractivity (Wildman–Crippen MR) is 112 cm³/mol. The van der Waals surface area contributed by atoms with Crippen molar-refractivity contribution in [1.82, 2.24) is 10.2 Å². The molecule has 1 fully saturated rings. The molecule has 3 rings (SSSR count). The third-order valence-corrected chi connectivity index (χ3v) is 7.48. The summed E-state index contributed by atoms with van der Waals surface area (Å²) in [7, 11) is -3.58. The lowest BCUT2D eigenvalue weighted by Gasteiger charge is -2.33. The van der Waals surface area contributed by atoms with Gasteiger partial charge < -0.3 is 10.2 Å². The van der Waals surface area contributed by atoms with Gasteiger partial charge in [0.15, 0.2) is 9.84 Å². The topological polar surface area (TPSA) is 83.6 Å². The number of nitrogens with one attached hydrogen (secondary N) is 1. The van der Waals surface area contributed by atoms with Gasteiger partial charge in [-0.1, -0.05) is 12.1 Å². The van der Waals surface area contributed by atoms with Gasteiger partial charge >= 0.3 is 0 Å². The molecule has 6 nitrogen and oxygen atoms in total. The summed E-state index contributed by atoms with van der Waals surface area (Å²) in [5.74, 6) is -1.01. The smallest absolute Gasteiger partial charge is 0.255 e. The molecule has 0 spiro atoms. The van der Waals surface area contributed by atoms with Crippen LogP contribution < -0.4 is 5.32 Å². The molecule has 0 radical (unpaired) electrons. The van der Waals surface area contributed by atoms with E-state index >= 15 is 0 Å². The highest BCUT2D eigenvalue weighted by Gasteiger charge is 2.30. The van der Waals surface area contributed by atoms with Crippen LogP contribution in [-0.4, -0.2) is 49.5 Å². The van der Waals surface area contributed by atoms with Crippen molar-refractivity contribution in [3.8, 4) is 0 Å². The maximum Gasteiger partial charge on any atom is 0.255 e. The van der Waals surface area contributed by atoms with Crippen molar-refractivity contribution in [3.63, 3.8) is 0 Å². The average molecular weight is 433 g/mol. The Hall–Kier alpha value is -2.74. The van der Waals surface area contributed by atoms with Gasteiger partial charge in [-0.15, -0.1) is 0 Å². The van der Waals surface area contributed by atoms with Crippen LogP contribution in [0.5, 0.6) is 0 Å². The van der Waals surface area contributed by atoms with Gasteiger partial charge in [0.25, 0.3) is 11.8 Å². The highest BCUT2D eigenvalue weighted by atomic mass is 32.2. The summed E-state index contributed by atoms with van der Waals surface area (Å²) in [5.41, 5.74) is 0.558. The van der Waals surface area contributed by atoms with Crippen molar-refractivity contribution in [2.75, 3.05) is 13.1 Å². The number of sulfone groups is 1. The van der Waals surface area contributed by atoms with Crippen LogP contribution in [0.2, 0.25) is 0 Å². The van der Waals surface area contributed by atoms with Crippen LogP contribution in [0, 0.1) is 5.82 Å². The van der Waals surface area contributed by atoms with Crippen molar-refractivity contribution in [2.24, 2.45) is 0 Å². The van der Waals surface area contributed by atoms with Gasteiger partial charge in [0, 0.05) is 24.7 Å². The van der Waals surface area contributed by atoms with Gasteiger partial charge in [0.05, 0.1) is 15.7 Å². The van der Waals surface area contributed by atoms with Crippen LogP contribution in [0.3, 0.4) is 0 Å². The molecule has 0 aliphatic carbocycles. The summed E-state index contributed by atoms with van der Waals surface area (Å²) in [5, 5.41) is 2.28. The zero-order chi connectivity index (χ0) is 21.9. The van der Waals surface area contributed by atoms with Crippen LogP contribution in [0.15, 0.2) is 53.4 Å². The second-order valence-electron chi connectivity index (χ2n) is 7.64. The van der Waals surface area contributed by atoms with E-state index in [0.29, 0.717) is 31.5 Å². The molecule has 160 valence electrons. The Morgan fingerprint density at radius 1 is 1.03 bits per heavy atom. The molecule has 0 aromatic heterocycles. The van der Waals surface area contributed by atoms with Gasteiger partial charge in [0.2, 0.25) is 0 Å². The van der Waals surface area contributed by atoms with Crippen LogP contribution >= 0.6 is 0 Å². The Balaban J connectivity index is 1.65. The predicted octanol–water partition coefficient (Wildman–Crippen LogP) is 3.04. The molecule has 1 saturated heterocycles. The van der Waals surface area contributed by atoms with Gasteiger partial charge in [-0.25, -0.2) is 12.8 Å². The maximum absolute atomic E-state index is 13.0. The van der Waals surface area contributed by atoms with E-state index in [1.165, 1.54) is 30.3 Å². The molecule has 1 aliphatic rings. The molecule has 2 amide bonds. The van der Waals surface area contributed by atoms with Crippen molar-refractivity contribution < 1.29 is 22.4 Å². The van der Waals surface area contributed by atoms with Gasteiger partial charge in [-0.3, -0.25) is 9.59 Å². The van der Waals surface area contributed by atoms with Crippen molar-refractivity contribution in [2.45, 2.75) is 42.9 Å². The summed E-state index contributed by atoms with van der Waals surface area (Å²) in [6.07, 6.45) is 1.11. The molecule has 2 aromatic carbocycles. The first kappa shape index (κ1) is 22.0. The zero-order valence-corrected chi connectivity index (χ0v) is 17.8. The van der Waals surface area contributed by atoms with E-state index in [9.17, 15) is 22.4 Å². The molecule has 0 unspecified atom stereocenters. The Labute approximate surface area is 176 Å². The number of amides is 2. The Kier molecular flexibility index (Phi) is 6.55. The number of piperidine rings is 1. The van der Waals surface area contributed by atoms with E-state index in [4.69, 9.17) is 0 Å². The fourth-order valence-corrected chi connectivity index (χ4v) is 4.65. The third-order valence-electron chi connectivity index (χ3n) is 5.27. The second kappa shape index (κ2) is 8.95. The van der Waals surface area contributed by atoms with Crippen molar-refractivity contribution >= 4 is 21.7 Å². The number of carbonyl (C=O) groups excluding carboxylic acids is 2. The van der Waals surface area contributed by atoms with E-state index in [-0.39, 0.29) is 28.3 Å². The fourth-order valence-electron chi connectivity index (χ4n) is 3.41. The van der Waals surface area contributed by atoms with Crippen molar-refractivity contribution in [3.05, 3.63) is 65.5 Å². The van der Waals surface area contributed by atoms with Crippen LogP contribution in [-0.2, 0) is 9.84 Å². The summed E-state index contributed by atoms with van der Waals surface area (Å²) in [6, 6.07) is 11.5. The Bertz CT molecular complexity index is 1030. The number of hydrogen-bond donors (Lipinski definition) is 1. The summed E-state index contributed by atoms with van der Waals surface area (Å²) in [4.78, 5) is 27.0. The molecular formula is C22H25FN2O4S. The van der Waals surface area contributed by atoms with Gasteiger partial charge in [0.1, 0.15) is 5.82 Å². The number of halogens is 1. The lowest BCUT2D eigenvalue weighted by atomic mass is 10.0. The maximum atomic E-state index is 13.0. The van der Waals surface area contributed by atoms with E-state index in [0.717, 1.165) is 0 Å². The number of carbonyl (C=O) groups is 2. The lowest BCUT2D eigenvalue weighted by molar-refractivity contribution is 0.0694. The molecule has 1 N–H and O–H groups in total. The molecule has 0 saturated carbocycles. The fraction of sp³-hybridized carbons (Fsp3) is 0.364. The molecule has 1 aliphatic heterocycles. The largest absolute Gasteiger partial charge is 0.349 e. The van der Waals surface area contributed by atoms with Crippen molar-refractivity contribution in [1.29, 1.82) is 0 Å². The molecule has 1 heterocycles. The minimum Gasteiger partial charge on any atom is -0.349 e. The normalized spacial score (nSPS) is 15.3. The van der Waals surface area contributed by atoms with Gasteiger partial charge in [-0.2, -0.15) is 0 Å². The molecule has 0 bridgehead atoms. The quantitative estimate of drug-likeness (QED) is 0.787. The standard InChI is InChI=1S/C22H25FN2O4S/c1-15(2)30(28,29)20-6-4-3-5-19(20)22(27)25-13-11-18(12-14-25)24-21(26)16-7-9-17(23)10-8-16/h3-10,15,18H,11-14H2,1-2H3,(H,24,26). The number of hydrogen-bond acceptors (Lipinski definition) is 4. The van der Waals surface area contributed by atoms with Crippen LogP contribution in [0.4, 0.5) is 4.39 Å². The third kappa shape index (κ3) is 4.70. The Morgan fingerprint density at radius 2 is 1.63 bits per heavy atom. The monoisotopic (exact) mass is 432 g/mol. The molecule has 2 aromatic rings. The average Bonchev–Trinajstić information content (AvgIpc) is 2.74. The zero-order valence-electron chi connectivity index (χ0n) is 17.0. The van der Waals surface area contributed by atoms with Crippen LogP contribution in [0.25, 0.3) is 0 Å². The van der Waals surface area contributed by atoms with Crippen LogP contribution in [0.1, 0.15) is 47.4 Å². The number of likely N-dealkylation sites (tertiary alicyclic amines) is 1. The first-order valence-electron chi connectivity index (χ1n) is 9.89. The SMILES string of the molecule is CC(C)S(=O)(=O)c1ccccc1C(=O)N1CCC(NC(=O)c2ccc(F)cc2)CC1. The molecule has 8 heteroatoms. The van der Waals surface area contributed by atoms with Gasteiger partial charge in [-0.05, 0) is 63.1 Å². The minimum atomic E-state index is -3.58. The van der Waals surface area contributed by atoms with E-state index < -0.39 is 20.9 Å². The second-order valence-corrected chi connectivity index (χ2v) is 10.1. The van der Waals surface area contributed by atoms with E-state index in [2.05, 4.69) is 5.32 Å². The van der Waals surface area contributed by atoms with E-state index in [1.54, 1.807) is 36.9 Å². The minimum absolute atomic E-state index is 0.0525. The van der Waals surface area contributed by atoms with E-state index in [1.807, 2.05) is 0 Å². The molecule has 0 atom stereocenters. The molecular weight excluding hydrogens is 407 g/mol. The summed E-state index contributed by atoms with van der Waals surface area (Å²) in [6.45, 7) is 3.99. The summed E-state index contributed by atoms with van der Waals surface area (Å²) < 4.78 is 38.3. The highest BCUT2D eigenvalue weighted by molar-refractivity contribution is 7.92. The number of nitrogens with zero attached hydrogens (tertiary/aromatic N) is 1. The lowest BCUT2D eigenvalue weighted by Crippen LogP contribution is -2.46. The number of benzene rings is 2. The highest BCUT2D eigenvalue weighted by Crippen LogP contribution is 2.23. The molecule has 30 heavy (non-hydrogen) atoms.